The lowest BCUT2D eigenvalue weighted by atomic mass is 9.89. The van der Waals surface area contributed by atoms with Crippen LogP contribution < -0.4 is 0 Å². The molecule has 1 saturated heterocycles. The summed E-state index contributed by atoms with van der Waals surface area (Å²) in [4.78, 5) is 8.14. The molecule has 2 heterocycles. The van der Waals surface area contributed by atoms with E-state index in [2.05, 4.69) is 28.3 Å². The van der Waals surface area contributed by atoms with E-state index in [1.54, 1.807) is 6.07 Å². The van der Waals surface area contributed by atoms with Gasteiger partial charge in [0.05, 0.1) is 5.71 Å². The Morgan fingerprint density at radius 1 is 1.04 bits per heavy atom. The number of phenols is 1. The van der Waals surface area contributed by atoms with Crippen LogP contribution in [0, 0.1) is 0 Å². The van der Waals surface area contributed by atoms with Gasteiger partial charge in [0.25, 0.3) is 0 Å². The molecule has 0 spiro atoms. The third-order valence-electron chi connectivity index (χ3n) is 5.23. The first-order valence-corrected chi connectivity index (χ1v) is 9.07. The fourth-order valence-electron chi connectivity index (χ4n) is 3.84. The van der Waals surface area contributed by atoms with Crippen LogP contribution in [-0.4, -0.2) is 41.5 Å². The molecule has 2 aromatic carbocycles. The lowest BCUT2D eigenvalue weighted by Gasteiger charge is -2.33. The van der Waals surface area contributed by atoms with Gasteiger partial charge in [-0.2, -0.15) is 0 Å². The van der Waals surface area contributed by atoms with Gasteiger partial charge in [0.1, 0.15) is 11.9 Å². The van der Waals surface area contributed by atoms with Gasteiger partial charge in [0.2, 0.25) is 0 Å². The maximum absolute atomic E-state index is 9.66. The summed E-state index contributed by atoms with van der Waals surface area (Å²) in [5.74, 6) is 0.911. The second-order valence-electron chi connectivity index (χ2n) is 7.01. The summed E-state index contributed by atoms with van der Waals surface area (Å²) in [6, 6.07) is 18.0. The molecule has 130 valence electrons. The number of rotatable bonds is 4. The number of benzene rings is 2. The zero-order chi connectivity index (χ0) is 17.1. The third-order valence-corrected chi connectivity index (χ3v) is 5.23. The van der Waals surface area contributed by atoms with Gasteiger partial charge in [-0.25, -0.2) is 0 Å². The number of nitrogens with zero attached hydrogens (tertiary/aromatic N) is 2. The zero-order valence-corrected chi connectivity index (χ0v) is 14.3. The Hall–Kier alpha value is -2.33. The van der Waals surface area contributed by atoms with Crippen LogP contribution in [0.1, 0.15) is 36.3 Å². The van der Waals surface area contributed by atoms with Crippen molar-refractivity contribution in [2.75, 3.05) is 19.6 Å². The van der Waals surface area contributed by atoms with E-state index in [-0.39, 0.29) is 6.10 Å². The van der Waals surface area contributed by atoms with Crippen LogP contribution in [0.4, 0.5) is 0 Å². The molecular formula is C21H24N2O2. The maximum Gasteiger partial charge on any atom is 0.145 e. The standard InChI is InChI=1S/C21H24N2O2/c24-19-8-4-7-18(13-19)16-9-11-23(12-10-16)15-20-14-21(22-25-20)17-5-2-1-3-6-17/h1-8,13,16,20,24H,9-12,14-15H2. The highest BCUT2D eigenvalue weighted by Gasteiger charge is 2.27. The van der Waals surface area contributed by atoms with Crippen LogP contribution in [0.25, 0.3) is 0 Å². The SMILES string of the molecule is Oc1cccc(C2CCN(CC3CC(c4ccccc4)=NO3)CC2)c1. The average molecular weight is 336 g/mol. The Balaban J connectivity index is 1.27. The minimum atomic E-state index is 0.160. The molecule has 0 amide bonds. The minimum absolute atomic E-state index is 0.160. The van der Waals surface area contributed by atoms with E-state index in [0.717, 1.165) is 50.2 Å². The maximum atomic E-state index is 9.66. The molecule has 0 aromatic heterocycles. The monoisotopic (exact) mass is 336 g/mol. The van der Waals surface area contributed by atoms with Crippen LogP contribution in [0.5, 0.6) is 5.75 Å². The normalized spacial score (nSPS) is 21.8. The fourth-order valence-corrected chi connectivity index (χ4v) is 3.84. The molecule has 2 aromatic rings. The molecule has 0 radical (unpaired) electrons. The van der Waals surface area contributed by atoms with E-state index >= 15 is 0 Å². The number of likely N-dealkylation sites (tertiary alicyclic amines) is 1. The highest BCUT2D eigenvalue weighted by molar-refractivity contribution is 6.01. The molecule has 4 nitrogen and oxygen atoms in total. The molecule has 2 aliphatic rings. The smallest absolute Gasteiger partial charge is 0.145 e. The van der Waals surface area contributed by atoms with Crippen molar-refractivity contribution in [1.82, 2.24) is 4.90 Å². The quantitative estimate of drug-likeness (QED) is 0.924. The number of hydrogen-bond acceptors (Lipinski definition) is 4. The van der Waals surface area contributed by atoms with E-state index in [0.29, 0.717) is 11.7 Å². The zero-order valence-electron chi connectivity index (χ0n) is 14.3. The molecule has 1 atom stereocenters. The van der Waals surface area contributed by atoms with Gasteiger partial charge < -0.3 is 9.94 Å². The molecule has 0 aliphatic carbocycles. The summed E-state index contributed by atoms with van der Waals surface area (Å²) in [6.45, 7) is 3.08. The van der Waals surface area contributed by atoms with Crippen molar-refractivity contribution in [3.05, 3.63) is 65.7 Å². The topological polar surface area (TPSA) is 45.1 Å². The van der Waals surface area contributed by atoms with Gasteiger partial charge in [-0.05, 0) is 55.1 Å². The predicted molar refractivity (Wildman–Crippen MR) is 99.0 cm³/mol. The fraction of sp³-hybridized carbons (Fsp3) is 0.381. The predicted octanol–water partition coefficient (Wildman–Crippen LogP) is 3.76. The van der Waals surface area contributed by atoms with Gasteiger partial charge in [-0.3, -0.25) is 4.90 Å². The van der Waals surface area contributed by atoms with Crippen molar-refractivity contribution in [2.45, 2.75) is 31.3 Å². The Morgan fingerprint density at radius 2 is 1.84 bits per heavy atom. The van der Waals surface area contributed by atoms with Gasteiger partial charge >= 0.3 is 0 Å². The van der Waals surface area contributed by atoms with E-state index in [1.807, 2.05) is 30.3 Å². The van der Waals surface area contributed by atoms with Crippen molar-refractivity contribution >= 4 is 5.71 Å². The molecular weight excluding hydrogens is 312 g/mol. The van der Waals surface area contributed by atoms with Crippen molar-refractivity contribution < 1.29 is 9.94 Å². The van der Waals surface area contributed by atoms with Crippen molar-refractivity contribution in [3.63, 3.8) is 0 Å². The number of hydrogen-bond donors (Lipinski definition) is 1. The molecule has 0 saturated carbocycles. The lowest BCUT2D eigenvalue weighted by Crippen LogP contribution is -2.38. The van der Waals surface area contributed by atoms with Gasteiger partial charge in [-0.1, -0.05) is 47.6 Å². The Bertz CT molecular complexity index is 737. The first kappa shape index (κ1) is 16.2. The highest BCUT2D eigenvalue weighted by atomic mass is 16.6. The van der Waals surface area contributed by atoms with Crippen molar-refractivity contribution in [1.29, 1.82) is 0 Å². The largest absolute Gasteiger partial charge is 0.508 e. The third kappa shape index (κ3) is 3.85. The first-order chi connectivity index (χ1) is 12.3. The van der Waals surface area contributed by atoms with E-state index in [4.69, 9.17) is 4.84 Å². The van der Waals surface area contributed by atoms with Crippen LogP contribution in [0.15, 0.2) is 59.8 Å². The molecule has 1 fully saturated rings. The van der Waals surface area contributed by atoms with Crippen LogP contribution in [0.3, 0.4) is 0 Å². The van der Waals surface area contributed by atoms with Crippen LogP contribution in [-0.2, 0) is 4.84 Å². The van der Waals surface area contributed by atoms with E-state index in [9.17, 15) is 5.11 Å². The average Bonchev–Trinajstić information content (AvgIpc) is 3.12. The van der Waals surface area contributed by atoms with E-state index in [1.165, 1.54) is 5.56 Å². The van der Waals surface area contributed by atoms with Gasteiger partial charge in [0, 0.05) is 13.0 Å². The minimum Gasteiger partial charge on any atom is -0.508 e. The number of piperidine rings is 1. The van der Waals surface area contributed by atoms with Gasteiger partial charge in [-0.15, -0.1) is 0 Å². The Morgan fingerprint density at radius 3 is 2.60 bits per heavy atom. The Labute approximate surface area is 148 Å². The van der Waals surface area contributed by atoms with Gasteiger partial charge in [0.15, 0.2) is 0 Å². The van der Waals surface area contributed by atoms with Crippen LogP contribution in [0.2, 0.25) is 0 Å². The highest BCUT2D eigenvalue weighted by Crippen LogP contribution is 2.30. The van der Waals surface area contributed by atoms with Crippen molar-refractivity contribution in [3.8, 4) is 5.75 Å². The number of phenolic OH excluding ortho intramolecular Hbond substituents is 1. The number of aromatic hydroxyl groups is 1. The molecule has 1 unspecified atom stereocenters. The molecule has 1 N–H and O–H groups in total. The summed E-state index contributed by atoms with van der Waals surface area (Å²) in [7, 11) is 0. The number of oxime groups is 1. The summed E-state index contributed by atoms with van der Waals surface area (Å²) >= 11 is 0. The van der Waals surface area contributed by atoms with Crippen molar-refractivity contribution in [2.24, 2.45) is 5.16 Å². The summed E-state index contributed by atoms with van der Waals surface area (Å²) in [5.41, 5.74) is 3.47. The molecule has 25 heavy (non-hydrogen) atoms. The summed E-state index contributed by atoms with van der Waals surface area (Å²) in [6.07, 6.45) is 3.30. The van der Waals surface area contributed by atoms with Crippen LogP contribution >= 0.6 is 0 Å². The van der Waals surface area contributed by atoms with E-state index < -0.39 is 0 Å². The first-order valence-electron chi connectivity index (χ1n) is 9.07. The molecule has 2 aliphatic heterocycles. The Kier molecular flexibility index (Phi) is 4.70. The molecule has 4 rings (SSSR count). The summed E-state index contributed by atoms with van der Waals surface area (Å²) < 4.78 is 0. The summed E-state index contributed by atoms with van der Waals surface area (Å²) in [5, 5.41) is 14.0. The second kappa shape index (κ2) is 7.28. The molecule has 0 bridgehead atoms. The second-order valence-corrected chi connectivity index (χ2v) is 7.01. The lowest BCUT2D eigenvalue weighted by molar-refractivity contribution is 0.0454. The molecule has 4 heteroatoms.